The minimum Gasteiger partial charge on any atom is -0.375 e. The lowest BCUT2D eigenvalue weighted by Gasteiger charge is -2.30. The number of hydrogen-bond acceptors (Lipinski definition) is 5. The molecule has 1 fully saturated rings. The predicted octanol–water partition coefficient (Wildman–Crippen LogP) is 3.48. The summed E-state index contributed by atoms with van der Waals surface area (Å²) in [6.45, 7) is 0.164. The molecular formula is C22H22N2O5. The average molecular weight is 394 g/mol. The molecule has 0 aromatic heterocycles. The number of carbonyl (C=O) groups excluding carboxylic acids is 2. The number of Topliss-reactive ketones (excluding diaryl/α,β-unsaturated/α-hetero) is 1. The lowest BCUT2D eigenvalue weighted by molar-refractivity contribution is -0.384. The average Bonchev–Trinajstić information content (AvgIpc) is 2.85. The van der Waals surface area contributed by atoms with E-state index in [4.69, 9.17) is 0 Å². The van der Waals surface area contributed by atoms with E-state index in [0.29, 0.717) is 29.7 Å². The number of ketones is 1. The van der Waals surface area contributed by atoms with Crippen LogP contribution >= 0.6 is 0 Å². The molecule has 0 spiro atoms. The zero-order valence-electron chi connectivity index (χ0n) is 15.9. The number of para-hydroxylation sites is 1. The van der Waals surface area contributed by atoms with E-state index >= 15 is 0 Å². The smallest absolute Gasteiger partial charge is 0.269 e. The van der Waals surface area contributed by atoms with E-state index in [1.165, 1.54) is 17.0 Å². The Balaban J connectivity index is 1.71. The second kappa shape index (κ2) is 7.40. The van der Waals surface area contributed by atoms with Crippen molar-refractivity contribution in [2.45, 2.75) is 44.2 Å². The number of nitro benzene ring substituents is 1. The van der Waals surface area contributed by atoms with Gasteiger partial charge in [-0.1, -0.05) is 43.2 Å². The standard InChI is InChI=1S/C22H22N2O5/c25-20-9-3-1-2-7-18(20)22(27)17-6-4-5-8-19(17)23(21(22)26)14-15-10-12-16(13-11-15)24(28)29/h4-6,8,10-13,18,27H,1-3,7,9,14H2/t18-,22+/m1/s1. The molecule has 4 rings (SSSR count). The molecule has 7 nitrogen and oxygen atoms in total. The Morgan fingerprint density at radius 3 is 2.52 bits per heavy atom. The van der Waals surface area contributed by atoms with Gasteiger partial charge in [-0.3, -0.25) is 19.7 Å². The van der Waals surface area contributed by atoms with E-state index in [9.17, 15) is 24.8 Å². The summed E-state index contributed by atoms with van der Waals surface area (Å²) in [5.74, 6) is -1.32. The topological polar surface area (TPSA) is 101 Å². The highest BCUT2D eigenvalue weighted by Crippen LogP contribution is 2.48. The van der Waals surface area contributed by atoms with Crippen molar-refractivity contribution in [3.05, 3.63) is 69.8 Å². The minimum absolute atomic E-state index is 0.0255. The summed E-state index contributed by atoms with van der Waals surface area (Å²) in [4.78, 5) is 38.0. The number of benzene rings is 2. The molecule has 0 bridgehead atoms. The van der Waals surface area contributed by atoms with Crippen molar-refractivity contribution in [2.24, 2.45) is 5.92 Å². The van der Waals surface area contributed by atoms with Gasteiger partial charge in [0.05, 0.1) is 23.1 Å². The number of nitro groups is 1. The third-order valence-corrected chi connectivity index (χ3v) is 5.97. The van der Waals surface area contributed by atoms with Crippen LogP contribution in [-0.2, 0) is 21.7 Å². The van der Waals surface area contributed by atoms with Gasteiger partial charge in [0.1, 0.15) is 5.78 Å². The van der Waals surface area contributed by atoms with Gasteiger partial charge in [0.2, 0.25) is 0 Å². The van der Waals surface area contributed by atoms with Crippen LogP contribution in [0.3, 0.4) is 0 Å². The Hall–Kier alpha value is -3.06. The van der Waals surface area contributed by atoms with Gasteiger partial charge < -0.3 is 10.0 Å². The molecule has 0 radical (unpaired) electrons. The third-order valence-electron chi connectivity index (χ3n) is 5.97. The van der Waals surface area contributed by atoms with Crippen molar-refractivity contribution >= 4 is 23.1 Å². The van der Waals surface area contributed by atoms with Crippen LogP contribution in [0.4, 0.5) is 11.4 Å². The number of hydrogen-bond donors (Lipinski definition) is 1. The van der Waals surface area contributed by atoms with Crippen LogP contribution in [0.5, 0.6) is 0 Å². The van der Waals surface area contributed by atoms with E-state index in [1.807, 2.05) is 0 Å². The first kappa shape index (κ1) is 19.3. The normalized spacial score (nSPS) is 24.3. The highest BCUT2D eigenvalue weighted by Gasteiger charge is 2.56. The summed E-state index contributed by atoms with van der Waals surface area (Å²) < 4.78 is 0. The molecule has 1 heterocycles. The lowest BCUT2D eigenvalue weighted by Crippen LogP contribution is -2.48. The van der Waals surface area contributed by atoms with Crippen molar-refractivity contribution in [3.63, 3.8) is 0 Å². The Morgan fingerprint density at radius 2 is 1.79 bits per heavy atom. The number of rotatable bonds is 4. The molecule has 2 atom stereocenters. The highest BCUT2D eigenvalue weighted by molar-refractivity contribution is 6.09. The second-order valence-corrected chi connectivity index (χ2v) is 7.72. The monoisotopic (exact) mass is 394 g/mol. The molecule has 1 amide bonds. The molecule has 150 valence electrons. The zero-order valence-corrected chi connectivity index (χ0v) is 15.9. The molecule has 1 N–H and O–H groups in total. The number of non-ortho nitro benzene ring substituents is 1. The number of amides is 1. The van der Waals surface area contributed by atoms with E-state index in [-0.39, 0.29) is 18.0 Å². The highest BCUT2D eigenvalue weighted by atomic mass is 16.6. The quantitative estimate of drug-likeness (QED) is 0.486. The van der Waals surface area contributed by atoms with Gasteiger partial charge >= 0.3 is 0 Å². The Bertz CT molecular complexity index is 971. The summed E-state index contributed by atoms with van der Waals surface area (Å²) in [7, 11) is 0. The number of nitrogens with zero attached hydrogens (tertiary/aromatic N) is 2. The molecular weight excluding hydrogens is 372 g/mol. The van der Waals surface area contributed by atoms with Crippen molar-refractivity contribution in [2.75, 3.05) is 4.90 Å². The molecule has 2 aromatic carbocycles. The second-order valence-electron chi connectivity index (χ2n) is 7.72. The zero-order chi connectivity index (χ0) is 20.6. The summed E-state index contributed by atoms with van der Waals surface area (Å²) in [6.07, 6.45) is 3.37. The Morgan fingerprint density at radius 1 is 1.07 bits per heavy atom. The largest absolute Gasteiger partial charge is 0.375 e. The molecule has 1 aliphatic heterocycles. The first-order chi connectivity index (χ1) is 13.9. The summed E-state index contributed by atoms with van der Waals surface area (Å²) in [5, 5.41) is 22.5. The van der Waals surface area contributed by atoms with Gasteiger partial charge in [-0.2, -0.15) is 0 Å². The fraction of sp³-hybridized carbons (Fsp3) is 0.364. The van der Waals surface area contributed by atoms with Gasteiger partial charge in [0.15, 0.2) is 5.60 Å². The minimum atomic E-state index is -1.86. The van der Waals surface area contributed by atoms with Gasteiger partial charge in [-0.15, -0.1) is 0 Å². The maximum Gasteiger partial charge on any atom is 0.269 e. The van der Waals surface area contributed by atoms with E-state index in [2.05, 4.69) is 0 Å². The summed E-state index contributed by atoms with van der Waals surface area (Å²) in [5.41, 5.74) is -0.140. The first-order valence-electron chi connectivity index (χ1n) is 9.83. The van der Waals surface area contributed by atoms with Gasteiger partial charge in [0.25, 0.3) is 11.6 Å². The van der Waals surface area contributed by atoms with Crippen LogP contribution in [-0.4, -0.2) is 21.7 Å². The van der Waals surface area contributed by atoms with Crippen LogP contribution in [0.25, 0.3) is 0 Å². The maximum absolute atomic E-state index is 13.4. The molecule has 29 heavy (non-hydrogen) atoms. The van der Waals surface area contributed by atoms with E-state index < -0.39 is 22.3 Å². The van der Waals surface area contributed by atoms with Crippen LogP contribution in [0, 0.1) is 16.0 Å². The number of fused-ring (bicyclic) bond motifs is 1. The SMILES string of the molecule is O=C1CCCCC[C@H]1[C@]1(O)C(=O)N(Cc2ccc([N+](=O)[O-])cc2)c2ccccc21. The molecule has 0 unspecified atom stereocenters. The van der Waals surface area contributed by atoms with E-state index in [0.717, 1.165) is 19.3 Å². The van der Waals surface area contributed by atoms with Crippen LogP contribution < -0.4 is 4.90 Å². The maximum atomic E-state index is 13.4. The predicted molar refractivity (Wildman–Crippen MR) is 106 cm³/mol. The van der Waals surface area contributed by atoms with Crippen LogP contribution in [0.15, 0.2) is 48.5 Å². The van der Waals surface area contributed by atoms with Crippen molar-refractivity contribution in [1.82, 2.24) is 0 Å². The number of carbonyl (C=O) groups is 2. The summed E-state index contributed by atoms with van der Waals surface area (Å²) in [6, 6.07) is 13.0. The molecule has 2 aliphatic rings. The van der Waals surface area contributed by atoms with Gasteiger partial charge in [0, 0.05) is 24.1 Å². The molecule has 1 aliphatic carbocycles. The molecule has 7 heteroatoms. The Kier molecular flexibility index (Phi) is 4.92. The van der Waals surface area contributed by atoms with E-state index in [1.54, 1.807) is 36.4 Å². The fourth-order valence-corrected chi connectivity index (χ4v) is 4.46. The van der Waals surface area contributed by atoms with Crippen LogP contribution in [0.1, 0.15) is 43.2 Å². The molecule has 1 saturated carbocycles. The first-order valence-corrected chi connectivity index (χ1v) is 9.83. The summed E-state index contributed by atoms with van der Waals surface area (Å²) >= 11 is 0. The van der Waals surface area contributed by atoms with Gasteiger partial charge in [-0.05, 0) is 24.5 Å². The Labute approximate surface area is 168 Å². The molecule has 2 aromatic rings. The van der Waals surface area contributed by atoms with Gasteiger partial charge in [-0.25, -0.2) is 0 Å². The van der Waals surface area contributed by atoms with Crippen LogP contribution in [0.2, 0.25) is 0 Å². The number of aliphatic hydroxyl groups is 1. The third kappa shape index (κ3) is 3.21. The lowest BCUT2D eigenvalue weighted by atomic mass is 9.77. The van der Waals surface area contributed by atoms with Crippen molar-refractivity contribution < 1.29 is 19.6 Å². The molecule has 0 saturated heterocycles. The fourth-order valence-electron chi connectivity index (χ4n) is 4.46. The number of anilines is 1. The van der Waals surface area contributed by atoms with Crippen molar-refractivity contribution in [3.8, 4) is 0 Å². The van der Waals surface area contributed by atoms with Crippen molar-refractivity contribution in [1.29, 1.82) is 0 Å².